The van der Waals surface area contributed by atoms with Crippen LogP contribution in [0.5, 0.6) is 0 Å². The summed E-state index contributed by atoms with van der Waals surface area (Å²) in [4.78, 5) is 20.0. The molecule has 0 radical (unpaired) electrons. The van der Waals surface area contributed by atoms with Gasteiger partial charge in [-0.3, -0.25) is 10.1 Å². The van der Waals surface area contributed by atoms with E-state index in [4.69, 9.17) is 5.73 Å². The highest BCUT2D eigenvalue weighted by atomic mass is 32.2. The maximum atomic E-state index is 10.9. The van der Waals surface area contributed by atoms with Crippen molar-refractivity contribution < 1.29 is 4.92 Å². The number of nitrogens with zero attached hydrogens (tertiary/aromatic N) is 4. The maximum Gasteiger partial charge on any atom is 0.329 e. The van der Waals surface area contributed by atoms with E-state index in [9.17, 15) is 10.1 Å². The first-order chi connectivity index (χ1) is 8.18. The number of nitrogen functional groups attached to an aromatic ring is 1. The zero-order valence-corrected chi connectivity index (χ0v) is 10.0. The summed E-state index contributed by atoms with van der Waals surface area (Å²) in [7, 11) is 0. The minimum absolute atomic E-state index is 0.0718. The van der Waals surface area contributed by atoms with Crippen LogP contribution in [0.15, 0.2) is 6.20 Å². The van der Waals surface area contributed by atoms with Gasteiger partial charge in [0, 0.05) is 18.8 Å². The zero-order valence-electron chi connectivity index (χ0n) is 9.20. The molecule has 0 bridgehead atoms. The van der Waals surface area contributed by atoms with E-state index in [1.165, 1.54) is 6.20 Å². The Labute approximate surface area is 103 Å². The van der Waals surface area contributed by atoms with E-state index in [1.807, 2.05) is 16.7 Å². The van der Waals surface area contributed by atoms with Crippen molar-refractivity contribution in [3.05, 3.63) is 16.3 Å². The number of nitro groups is 1. The molecule has 1 aromatic heterocycles. The second-order valence-corrected chi connectivity index (χ2v) is 4.87. The van der Waals surface area contributed by atoms with E-state index >= 15 is 0 Å². The van der Waals surface area contributed by atoms with Crippen molar-refractivity contribution in [3.63, 3.8) is 0 Å². The number of nitrogens with two attached hydrogens (primary N) is 1. The monoisotopic (exact) mass is 255 g/mol. The van der Waals surface area contributed by atoms with E-state index in [2.05, 4.69) is 9.97 Å². The van der Waals surface area contributed by atoms with E-state index in [-0.39, 0.29) is 11.6 Å². The molecule has 0 aliphatic carbocycles. The third-order valence-corrected chi connectivity index (χ3v) is 3.54. The molecule has 0 amide bonds. The smallest absolute Gasteiger partial charge is 0.329 e. The predicted octanol–water partition coefficient (Wildman–Crippen LogP) is 0.910. The van der Waals surface area contributed by atoms with Gasteiger partial charge in [-0.25, -0.2) is 4.98 Å². The standard InChI is InChI=1S/C9H13N5O2S/c10-9-11-6-7(14(15)16)8(12-9)13-2-1-4-17-5-3-13/h6H,1-5H2,(H2,10,11,12). The lowest BCUT2D eigenvalue weighted by Gasteiger charge is -2.20. The van der Waals surface area contributed by atoms with E-state index in [1.54, 1.807) is 0 Å². The number of hydrogen-bond acceptors (Lipinski definition) is 7. The number of aromatic nitrogens is 2. The van der Waals surface area contributed by atoms with Crippen LogP contribution in [0.1, 0.15) is 6.42 Å². The summed E-state index contributed by atoms with van der Waals surface area (Å²) < 4.78 is 0. The van der Waals surface area contributed by atoms with Gasteiger partial charge in [-0.1, -0.05) is 0 Å². The van der Waals surface area contributed by atoms with Crippen molar-refractivity contribution in [2.24, 2.45) is 0 Å². The minimum atomic E-state index is -0.465. The molecule has 8 heteroatoms. The summed E-state index contributed by atoms with van der Waals surface area (Å²) in [5.74, 6) is 2.43. The van der Waals surface area contributed by atoms with Crippen molar-refractivity contribution in [2.45, 2.75) is 6.42 Å². The fourth-order valence-electron chi connectivity index (χ4n) is 1.70. The summed E-state index contributed by atoms with van der Waals surface area (Å²) in [6.45, 7) is 1.52. The molecule has 1 fully saturated rings. The summed E-state index contributed by atoms with van der Waals surface area (Å²) >= 11 is 1.85. The second-order valence-electron chi connectivity index (χ2n) is 3.65. The van der Waals surface area contributed by atoms with Crippen molar-refractivity contribution in [3.8, 4) is 0 Å². The van der Waals surface area contributed by atoms with Gasteiger partial charge in [-0.2, -0.15) is 16.7 Å². The highest BCUT2D eigenvalue weighted by Crippen LogP contribution is 2.27. The van der Waals surface area contributed by atoms with E-state index in [0.717, 1.165) is 31.0 Å². The first-order valence-corrected chi connectivity index (χ1v) is 6.43. The Morgan fingerprint density at radius 1 is 1.47 bits per heavy atom. The van der Waals surface area contributed by atoms with Crippen LogP contribution in [0.2, 0.25) is 0 Å². The first-order valence-electron chi connectivity index (χ1n) is 5.28. The van der Waals surface area contributed by atoms with E-state index < -0.39 is 4.92 Å². The maximum absolute atomic E-state index is 10.9. The Hall–Kier alpha value is -1.57. The highest BCUT2D eigenvalue weighted by molar-refractivity contribution is 7.99. The van der Waals surface area contributed by atoms with Crippen LogP contribution < -0.4 is 10.6 Å². The molecule has 17 heavy (non-hydrogen) atoms. The lowest BCUT2D eigenvalue weighted by Crippen LogP contribution is -2.27. The predicted molar refractivity (Wildman–Crippen MR) is 67.3 cm³/mol. The van der Waals surface area contributed by atoms with Crippen LogP contribution in [0.3, 0.4) is 0 Å². The van der Waals surface area contributed by atoms with Crippen LogP contribution in [0, 0.1) is 10.1 Å². The van der Waals surface area contributed by atoms with Crippen molar-refractivity contribution in [2.75, 3.05) is 35.2 Å². The average Bonchev–Trinajstić information content (AvgIpc) is 2.56. The van der Waals surface area contributed by atoms with Gasteiger partial charge >= 0.3 is 5.69 Å². The molecule has 2 N–H and O–H groups in total. The number of rotatable bonds is 2. The van der Waals surface area contributed by atoms with Gasteiger partial charge < -0.3 is 10.6 Å². The molecule has 0 unspecified atom stereocenters. The highest BCUT2D eigenvalue weighted by Gasteiger charge is 2.23. The van der Waals surface area contributed by atoms with Crippen molar-refractivity contribution in [1.29, 1.82) is 0 Å². The SMILES string of the molecule is Nc1ncc([N+](=O)[O-])c(N2CCCSCC2)n1. The molecule has 0 atom stereocenters. The topological polar surface area (TPSA) is 98.2 Å². The van der Waals surface area contributed by atoms with Gasteiger partial charge in [-0.15, -0.1) is 0 Å². The van der Waals surface area contributed by atoms with Crippen LogP contribution in [0.4, 0.5) is 17.5 Å². The van der Waals surface area contributed by atoms with Crippen LogP contribution in [-0.4, -0.2) is 39.5 Å². The molecule has 1 aliphatic rings. The summed E-state index contributed by atoms with van der Waals surface area (Å²) in [6, 6.07) is 0. The van der Waals surface area contributed by atoms with Gasteiger partial charge in [0.25, 0.3) is 0 Å². The lowest BCUT2D eigenvalue weighted by atomic mass is 10.3. The molecule has 0 saturated carbocycles. The first kappa shape index (κ1) is 11.9. The Morgan fingerprint density at radius 3 is 3.06 bits per heavy atom. The quantitative estimate of drug-likeness (QED) is 0.619. The molecule has 1 aliphatic heterocycles. The average molecular weight is 255 g/mol. The van der Waals surface area contributed by atoms with Crippen molar-refractivity contribution in [1.82, 2.24) is 9.97 Å². The molecule has 2 heterocycles. The third kappa shape index (κ3) is 2.76. The summed E-state index contributed by atoms with van der Waals surface area (Å²) in [6.07, 6.45) is 2.17. The van der Waals surface area contributed by atoms with Gasteiger partial charge in [0.05, 0.1) is 4.92 Å². The second kappa shape index (κ2) is 5.17. The third-order valence-electron chi connectivity index (χ3n) is 2.49. The van der Waals surface area contributed by atoms with Crippen LogP contribution >= 0.6 is 11.8 Å². The Morgan fingerprint density at radius 2 is 2.29 bits per heavy atom. The van der Waals surface area contributed by atoms with E-state index in [0.29, 0.717) is 5.82 Å². The zero-order chi connectivity index (χ0) is 12.3. The lowest BCUT2D eigenvalue weighted by molar-refractivity contribution is -0.384. The molecule has 1 aromatic rings. The summed E-state index contributed by atoms with van der Waals surface area (Å²) in [5, 5.41) is 10.9. The normalized spacial score (nSPS) is 16.6. The van der Waals surface area contributed by atoms with Gasteiger partial charge in [0.1, 0.15) is 6.20 Å². The Kier molecular flexibility index (Phi) is 3.62. The van der Waals surface area contributed by atoms with Crippen LogP contribution in [0.25, 0.3) is 0 Å². The Bertz CT molecular complexity index is 420. The Balaban J connectivity index is 2.34. The van der Waals surface area contributed by atoms with Gasteiger partial charge in [0.15, 0.2) is 0 Å². The molecular weight excluding hydrogens is 242 g/mol. The minimum Gasteiger partial charge on any atom is -0.368 e. The van der Waals surface area contributed by atoms with Crippen LogP contribution in [-0.2, 0) is 0 Å². The number of hydrogen-bond donors (Lipinski definition) is 1. The van der Waals surface area contributed by atoms with Crippen molar-refractivity contribution >= 4 is 29.2 Å². The molecule has 7 nitrogen and oxygen atoms in total. The molecule has 0 aromatic carbocycles. The molecule has 2 rings (SSSR count). The number of thioether (sulfide) groups is 1. The number of anilines is 2. The molecular formula is C9H13N5O2S. The van der Waals surface area contributed by atoms with Gasteiger partial charge in [-0.05, 0) is 12.2 Å². The molecule has 1 saturated heterocycles. The van der Waals surface area contributed by atoms with Gasteiger partial charge in [0.2, 0.25) is 11.8 Å². The fourth-order valence-corrected chi connectivity index (χ4v) is 2.59. The molecule has 0 spiro atoms. The molecule has 92 valence electrons. The fraction of sp³-hybridized carbons (Fsp3) is 0.556. The largest absolute Gasteiger partial charge is 0.368 e. The summed E-state index contributed by atoms with van der Waals surface area (Å²) in [5.41, 5.74) is 5.42.